The van der Waals surface area contributed by atoms with Crippen molar-refractivity contribution in [2.75, 3.05) is 0 Å². The zero-order chi connectivity index (χ0) is 12.9. The van der Waals surface area contributed by atoms with Gasteiger partial charge in [-0.3, -0.25) is 0 Å². The molecule has 0 aliphatic heterocycles. The maximum absolute atomic E-state index is 3.43. The standard InChI is InChI=1S/C17H30/c1-5-7-8-9-10-11-12-13-14-17(6-2)15-16(3)4/h12-13H,5-11,14H2,1-4H3/b13-12+. The molecular weight excluding hydrogens is 204 g/mol. The van der Waals surface area contributed by atoms with Crippen molar-refractivity contribution in [3.63, 3.8) is 0 Å². The minimum absolute atomic E-state index is 1.08. The summed E-state index contributed by atoms with van der Waals surface area (Å²) in [7, 11) is 0. The van der Waals surface area contributed by atoms with Gasteiger partial charge in [0.1, 0.15) is 0 Å². The molecule has 0 saturated carbocycles. The summed E-state index contributed by atoms with van der Waals surface area (Å²) < 4.78 is 0. The molecule has 0 amide bonds. The molecule has 0 atom stereocenters. The van der Waals surface area contributed by atoms with Gasteiger partial charge in [-0.2, -0.15) is 0 Å². The Balaban J connectivity index is 3.69. The first kappa shape index (κ1) is 16.3. The highest BCUT2D eigenvalue weighted by molar-refractivity contribution is 5.09. The second-order valence-electron chi connectivity index (χ2n) is 4.96. The van der Waals surface area contributed by atoms with Crippen molar-refractivity contribution < 1.29 is 0 Å². The summed E-state index contributed by atoms with van der Waals surface area (Å²) in [4.78, 5) is 0. The van der Waals surface area contributed by atoms with Crippen LogP contribution in [0, 0.1) is 0 Å². The zero-order valence-corrected chi connectivity index (χ0v) is 12.3. The first-order valence-electron chi connectivity index (χ1n) is 7.27. The van der Waals surface area contributed by atoms with Crippen molar-refractivity contribution in [1.29, 1.82) is 0 Å². The van der Waals surface area contributed by atoms with Crippen LogP contribution in [-0.4, -0.2) is 0 Å². The van der Waals surface area contributed by atoms with Gasteiger partial charge in [0.2, 0.25) is 0 Å². The molecule has 0 N–H and O–H groups in total. The first-order chi connectivity index (χ1) is 8.20. The molecule has 98 valence electrons. The highest BCUT2D eigenvalue weighted by Crippen LogP contribution is 2.09. The molecule has 0 aromatic carbocycles. The van der Waals surface area contributed by atoms with E-state index >= 15 is 0 Å². The van der Waals surface area contributed by atoms with Crippen molar-refractivity contribution in [2.24, 2.45) is 0 Å². The van der Waals surface area contributed by atoms with Crippen LogP contribution in [0.4, 0.5) is 0 Å². The minimum Gasteiger partial charge on any atom is -0.123 e. The predicted molar refractivity (Wildman–Crippen MR) is 79.3 cm³/mol. The molecule has 0 unspecified atom stereocenters. The van der Waals surface area contributed by atoms with E-state index in [0.717, 1.165) is 12.8 Å². The Labute approximate surface area is 109 Å². The lowest BCUT2D eigenvalue weighted by Gasteiger charge is -1.98. The fourth-order valence-electron chi connectivity index (χ4n) is 1.85. The van der Waals surface area contributed by atoms with Crippen LogP contribution < -0.4 is 0 Å². The first-order valence-corrected chi connectivity index (χ1v) is 7.27. The third-order valence-electron chi connectivity index (χ3n) is 2.86. The SMILES string of the molecule is CCCCCCC/C=C/CC(=C=C(C)C)CC. The summed E-state index contributed by atoms with van der Waals surface area (Å²) >= 11 is 0. The fraction of sp³-hybridized carbons (Fsp3) is 0.706. The number of allylic oxidation sites excluding steroid dienone is 3. The summed E-state index contributed by atoms with van der Waals surface area (Å²) in [5, 5.41) is 0. The monoisotopic (exact) mass is 234 g/mol. The number of rotatable bonds is 9. The van der Waals surface area contributed by atoms with Gasteiger partial charge < -0.3 is 0 Å². The Morgan fingerprint density at radius 3 is 2.24 bits per heavy atom. The molecule has 0 heteroatoms. The Kier molecular flexibility index (Phi) is 11.2. The molecule has 0 saturated heterocycles. The minimum atomic E-state index is 1.08. The van der Waals surface area contributed by atoms with E-state index in [-0.39, 0.29) is 0 Å². The van der Waals surface area contributed by atoms with E-state index in [4.69, 9.17) is 0 Å². The van der Waals surface area contributed by atoms with Crippen LogP contribution in [0.2, 0.25) is 0 Å². The summed E-state index contributed by atoms with van der Waals surface area (Å²) in [5.74, 6) is 0. The van der Waals surface area contributed by atoms with Crippen LogP contribution >= 0.6 is 0 Å². The summed E-state index contributed by atoms with van der Waals surface area (Å²) in [6.45, 7) is 8.71. The van der Waals surface area contributed by atoms with Gasteiger partial charge in [-0.05, 0) is 50.7 Å². The third kappa shape index (κ3) is 11.5. The lowest BCUT2D eigenvalue weighted by Crippen LogP contribution is -1.78. The zero-order valence-electron chi connectivity index (χ0n) is 12.3. The van der Waals surface area contributed by atoms with Crippen LogP contribution in [0.1, 0.15) is 79.1 Å². The van der Waals surface area contributed by atoms with Gasteiger partial charge in [-0.25, -0.2) is 0 Å². The summed E-state index contributed by atoms with van der Waals surface area (Å²) in [6.07, 6.45) is 15.0. The van der Waals surface area contributed by atoms with E-state index in [2.05, 4.69) is 45.6 Å². The van der Waals surface area contributed by atoms with Gasteiger partial charge >= 0.3 is 0 Å². The van der Waals surface area contributed by atoms with Crippen molar-refractivity contribution in [1.82, 2.24) is 0 Å². The molecule has 0 aliphatic carbocycles. The van der Waals surface area contributed by atoms with E-state index in [1.807, 2.05) is 0 Å². The maximum atomic E-state index is 3.43. The van der Waals surface area contributed by atoms with Crippen LogP contribution in [-0.2, 0) is 0 Å². The van der Waals surface area contributed by atoms with Crippen molar-refractivity contribution in [2.45, 2.75) is 79.1 Å². The molecule has 0 nitrogen and oxygen atoms in total. The van der Waals surface area contributed by atoms with Gasteiger partial charge in [0.15, 0.2) is 0 Å². The summed E-state index contributed by atoms with van der Waals surface area (Å²) in [5.41, 5.74) is 6.14. The van der Waals surface area contributed by atoms with E-state index in [1.54, 1.807) is 0 Å². The molecule has 17 heavy (non-hydrogen) atoms. The summed E-state index contributed by atoms with van der Waals surface area (Å²) in [6, 6.07) is 0. The molecule has 0 aliphatic rings. The smallest absolute Gasteiger partial charge is 0.00626 e. The largest absolute Gasteiger partial charge is 0.123 e. The number of unbranched alkanes of at least 4 members (excludes halogenated alkanes) is 5. The fourth-order valence-corrected chi connectivity index (χ4v) is 1.85. The topological polar surface area (TPSA) is 0 Å². The van der Waals surface area contributed by atoms with E-state index in [0.29, 0.717) is 0 Å². The molecule has 0 bridgehead atoms. The normalized spacial score (nSPS) is 10.6. The van der Waals surface area contributed by atoms with Gasteiger partial charge in [0.25, 0.3) is 0 Å². The molecule has 0 fully saturated rings. The average molecular weight is 234 g/mol. The lowest BCUT2D eigenvalue weighted by atomic mass is 10.1. The van der Waals surface area contributed by atoms with Crippen molar-refractivity contribution in [3.05, 3.63) is 29.0 Å². The van der Waals surface area contributed by atoms with Gasteiger partial charge in [-0.15, -0.1) is 5.73 Å². The molecule has 0 radical (unpaired) electrons. The van der Waals surface area contributed by atoms with Gasteiger partial charge in [-0.1, -0.05) is 51.7 Å². The van der Waals surface area contributed by atoms with Crippen LogP contribution in [0.5, 0.6) is 0 Å². The second kappa shape index (κ2) is 11.7. The van der Waals surface area contributed by atoms with Crippen LogP contribution in [0.15, 0.2) is 29.0 Å². The molecule has 0 heterocycles. The Hall–Kier alpha value is -0.740. The van der Waals surface area contributed by atoms with Gasteiger partial charge in [0.05, 0.1) is 0 Å². The number of hydrogen-bond acceptors (Lipinski definition) is 0. The van der Waals surface area contributed by atoms with E-state index in [9.17, 15) is 0 Å². The quantitative estimate of drug-likeness (QED) is 0.253. The lowest BCUT2D eigenvalue weighted by molar-refractivity contribution is 0.637. The van der Waals surface area contributed by atoms with Crippen molar-refractivity contribution in [3.8, 4) is 0 Å². The van der Waals surface area contributed by atoms with E-state index in [1.165, 1.54) is 49.7 Å². The highest BCUT2D eigenvalue weighted by Gasteiger charge is 1.90. The third-order valence-corrected chi connectivity index (χ3v) is 2.86. The average Bonchev–Trinajstić information content (AvgIpc) is 2.30. The van der Waals surface area contributed by atoms with Gasteiger partial charge in [0, 0.05) is 0 Å². The second-order valence-corrected chi connectivity index (χ2v) is 4.96. The Bertz CT molecular complexity index is 258. The molecule has 0 aromatic heterocycles. The van der Waals surface area contributed by atoms with Crippen LogP contribution in [0.25, 0.3) is 0 Å². The van der Waals surface area contributed by atoms with Crippen molar-refractivity contribution >= 4 is 0 Å². The number of hydrogen-bond donors (Lipinski definition) is 0. The molecule has 0 rings (SSSR count). The Morgan fingerprint density at radius 2 is 1.65 bits per heavy atom. The molecular formula is C17H30. The molecule has 0 spiro atoms. The Morgan fingerprint density at radius 1 is 0.941 bits per heavy atom. The molecule has 0 aromatic rings. The maximum Gasteiger partial charge on any atom is -0.00626 e. The predicted octanol–water partition coefficient (Wildman–Crippen LogP) is 6.19. The van der Waals surface area contributed by atoms with E-state index < -0.39 is 0 Å². The van der Waals surface area contributed by atoms with Crippen LogP contribution in [0.3, 0.4) is 0 Å². The highest BCUT2D eigenvalue weighted by atomic mass is 14.0.